The average molecular weight is 366 g/mol. The van der Waals surface area contributed by atoms with Gasteiger partial charge in [-0.1, -0.05) is 12.1 Å². The predicted molar refractivity (Wildman–Crippen MR) is 96.5 cm³/mol. The molecule has 2 aromatic heterocycles. The minimum atomic E-state index is -0.233. The van der Waals surface area contributed by atoms with Gasteiger partial charge in [0.15, 0.2) is 5.82 Å². The maximum Gasteiger partial charge on any atom is 0.235 e. The number of anilines is 2. The summed E-state index contributed by atoms with van der Waals surface area (Å²) in [6.07, 6.45) is 1.63. The number of aromatic nitrogens is 2. The number of rotatable bonds is 8. The Morgan fingerprint density at radius 2 is 1.96 bits per heavy atom. The Hall–Kier alpha value is -2.00. The molecule has 0 aliphatic rings. The number of nitrogens with zero attached hydrogens (tertiary/aromatic N) is 2. The van der Waals surface area contributed by atoms with Crippen LogP contribution in [0.2, 0.25) is 0 Å². The minimum Gasteiger partial charge on any atom is -0.360 e. The monoisotopic (exact) mass is 366 g/mol. The topological polar surface area (TPSA) is 97.1 Å². The number of carbonyl (C=O) groups is 2. The van der Waals surface area contributed by atoms with E-state index in [1.807, 2.05) is 12.1 Å². The van der Waals surface area contributed by atoms with Crippen LogP contribution >= 0.6 is 23.5 Å². The van der Waals surface area contributed by atoms with Gasteiger partial charge >= 0.3 is 0 Å². The number of thioether (sulfide) groups is 2. The van der Waals surface area contributed by atoms with Crippen molar-refractivity contribution < 1.29 is 14.1 Å². The summed E-state index contributed by atoms with van der Waals surface area (Å²) in [6, 6.07) is 5.31. The van der Waals surface area contributed by atoms with Crippen LogP contribution in [0.25, 0.3) is 0 Å². The number of hydrogen-bond donors (Lipinski definition) is 2. The van der Waals surface area contributed by atoms with E-state index < -0.39 is 0 Å². The largest absolute Gasteiger partial charge is 0.360 e. The zero-order valence-electron chi connectivity index (χ0n) is 13.4. The molecule has 0 aliphatic carbocycles. The first-order valence-corrected chi connectivity index (χ1v) is 9.40. The molecule has 0 saturated heterocycles. The van der Waals surface area contributed by atoms with Crippen LogP contribution < -0.4 is 10.6 Å². The first kappa shape index (κ1) is 18.3. The van der Waals surface area contributed by atoms with Gasteiger partial charge in [0.1, 0.15) is 5.76 Å². The lowest BCUT2D eigenvalue weighted by molar-refractivity contribution is -0.114. The van der Waals surface area contributed by atoms with Crippen LogP contribution in [-0.4, -0.2) is 39.2 Å². The normalized spacial score (nSPS) is 10.4. The highest BCUT2D eigenvalue weighted by Crippen LogP contribution is 2.16. The Balaban J connectivity index is 1.68. The van der Waals surface area contributed by atoms with E-state index in [0.29, 0.717) is 17.3 Å². The SMILES string of the molecule is CCSc1ccc(NC(=O)CSCC(=O)Nc2cc(C)on2)cn1. The maximum atomic E-state index is 11.8. The van der Waals surface area contributed by atoms with Crippen molar-refractivity contribution >= 4 is 46.8 Å². The summed E-state index contributed by atoms with van der Waals surface area (Å²) in [5.41, 5.74) is 0.642. The van der Waals surface area contributed by atoms with Crippen LogP contribution in [-0.2, 0) is 9.59 Å². The van der Waals surface area contributed by atoms with E-state index >= 15 is 0 Å². The van der Waals surface area contributed by atoms with Crippen molar-refractivity contribution in [2.24, 2.45) is 0 Å². The fourth-order valence-electron chi connectivity index (χ4n) is 1.73. The summed E-state index contributed by atoms with van der Waals surface area (Å²) in [6.45, 7) is 3.79. The van der Waals surface area contributed by atoms with Crippen LogP contribution in [0.15, 0.2) is 33.9 Å². The number of nitrogens with one attached hydrogen (secondary N) is 2. The number of amides is 2. The lowest BCUT2D eigenvalue weighted by atomic mass is 10.4. The molecular formula is C15H18N4O3S2. The van der Waals surface area contributed by atoms with Gasteiger partial charge in [-0.15, -0.1) is 23.5 Å². The van der Waals surface area contributed by atoms with Gasteiger partial charge in [0, 0.05) is 6.07 Å². The molecule has 128 valence electrons. The third-order valence-electron chi connectivity index (χ3n) is 2.67. The Bertz CT molecular complexity index is 688. The molecule has 0 fully saturated rings. The summed E-state index contributed by atoms with van der Waals surface area (Å²) < 4.78 is 4.86. The van der Waals surface area contributed by atoms with E-state index in [-0.39, 0.29) is 23.3 Å². The van der Waals surface area contributed by atoms with E-state index in [2.05, 4.69) is 27.7 Å². The van der Waals surface area contributed by atoms with Crippen molar-refractivity contribution in [2.75, 3.05) is 27.9 Å². The molecule has 24 heavy (non-hydrogen) atoms. The Morgan fingerprint density at radius 3 is 2.54 bits per heavy atom. The molecule has 0 atom stereocenters. The minimum absolute atomic E-state index is 0.156. The predicted octanol–water partition coefficient (Wildman–Crippen LogP) is 2.80. The van der Waals surface area contributed by atoms with E-state index in [1.54, 1.807) is 30.9 Å². The molecule has 0 bridgehead atoms. The lowest BCUT2D eigenvalue weighted by Crippen LogP contribution is -2.18. The highest BCUT2D eigenvalue weighted by Gasteiger charge is 2.09. The van der Waals surface area contributed by atoms with Crippen LogP contribution in [0.1, 0.15) is 12.7 Å². The third kappa shape index (κ3) is 6.25. The average Bonchev–Trinajstić information content (AvgIpc) is 2.94. The lowest BCUT2D eigenvalue weighted by Gasteiger charge is -2.05. The van der Waals surface area contributed by atoms with Crippen molar-refractivity contribution in [3.8, 4) is 0 Å². The quantitative estimate of drug-likeness (QED) is 0.693. The second kappa shape index (κ2) is 9.33. The molecule has 2 heterocycles. The Kier molecular flexibility index (Phi) is 7.13. The summed E-state index contributed by atoms with van der Waals surface area (Å²) in [5, 5.41) is 9.93. The summed E-state index contributed by atoms with van der Waals surface area (Å²) in [4.78, 5) is 27.8. The standard InChI is InChI=1S/C15H18N4O3S2/c1-3-24-15-5-4-11(7-16-15)17-13(20)8-23-9-14(21)18-12-6-10(2)22-19-12/h4-7H,3,8-9H2,1-2H3,(H,17,20)(H,18,19,21). The molecule has 7 nitrogen and oxygen atoms in total. The number of aryl methyl sites for hydroxylation is 1. The molecule has 0 radical (unpaired) electrons. The van der Waals surface area contributed by atoms with Gasteiger partial charge in [0.2, 0.25) is 11.8 Å². The van der Waals surface area contributed by atoms with Crippen LogP contribution in [0, 0.1) is 6.92 Å². The van der Waals surface area contributed by atoms with Crippen molar-refractivity contribution in [3.63, 3.8) is 0 Å². The Morgan fingerprint density at radius 1 is 1.21 bits per heavy atom. The Labute approximate surface area is 148 Å². The molecule has 2 N–H and O–H groups in total. The van der Waals surface area contributed by atoms with Crippen molar-refractivity contribution in [2.45, 2.75) is 18.9 Å². The molecule has 2 rings (SSSR count). The number of carbonyl (C=O) groups excluding carboxylic acids is 2. The van der Waals surface area contributed by atoms with E-state index in [1.165, 1.54) is 11.8 Å². The second-order valence-corrected chi connectivity index (χ2v) is 7.00. The van der Waals surface area contributed by atoms with Gasteiger partial charge in [-0.05, 0) is 24.8 Å². The van der Waals surface area contributed by atoms with Crippen LogP contribution in [0.3, 0.4) is 0 Å². The molecule has 0 unspecified atom stereocenters. The van der Waals surface area contributed by atoms with Crippen molar-refractivity contribution in [1.82, 2.24) is 10.1 Å². The van der Waals surface area contributed by atoms with Crippen LogP contribution in [0.4, 0.5) is 11.5 Å². The van der Waals surface area contributed by atoms with Gasteiger partial charge in [0.25, 0.3) is 0 Å². The van der Waals surface area contributed by atoms with Gasteiger partial charge in [-0.25, -0.2) is 4.98 Å². The molecule has 0 aliphatic heterocycles. The fraction of sp³-hybridized carbons (Fsp3) is 0.333. The van der Waals surface area contributed by atoms with Gasteiger partial charge < -0.3 is 15.2 Å². The maximum absolute atomic E-state index is 11.8. The van der Waals surface area contributed by atoms with Crippen molar-refractivity contribution in [3.05, 3.63) is 30.2 Å². The first-order valence-electron chi connectivity index (χ1n) is 7.26. The summed E-state index contributed by atoms with van der Waals surface area (Å²) >= 11 is 2.86. The van der Waals surface area contributed by atoms with Crippen molar-refractivity contribution in [1.29, 1.82) is 0 Å². The first-order chi connectivity index (χ1) is 11.6. The van der Waals surface area contributed by atoms with E-state index in [9.17, 15) is 9.59 Å². The number of hydrogen-bond acceptors (Lipinski definition) is 7. The third-order valence-corrected chi connectivity index (χ3v) is 4.43. The molecule has 0 spiro atoms. The molecule has 9 heteroatoms. The molecule has 0 aromatic carbocycles. The van der Waals surface area contributed by atoms with Crippen LogP contribution in [0.5, 0.6) is 0 Å². The van der Waals surface area contributed by atoms with E-state index in [4.69, 9.17) is 4.52 Å². The zero-order chi connectivity index (χ0) is 17.4. The van der Waals surface area contributed by atoms with Gasteiger partial charge in [0.05, 0.1) is 28.4 Å². The molecule has 0 saturated carbocycles. The van der Waals surface area contributed by atoms with Gasteiger partial charge in [-0.3, -0.25) is 9.59 Å². The fourth-order valence-corrected chi connectivity index (χ4v) is 2.93. The highest BCUT2D eigenvalue weighted by atomic mass is 32.2. The summed E-state index contributed by atoms with van der Waals surface area (Å²) in [7, 11) is 0. The summed E-state index contributed by atoms with van der Waals surface area (Å²) in [5.74, 6) is 1.87. The second-order valence-electron chi connectivity index (χ2n) is 4.73. The molecule has 2 aromatic rings. The van der Waals surface area contributed by atoms with E-state index in [0.717, 1.165) is 10.8 Å². The number of pyridine rings is 1. The smallest absolute Gasteiger partial charge is 0.235 e. The molecule has 2 amide bonds. The molecular weight excluding hydrogens is 348 g/mol. The highest BCUT2D eigenvalue weighted by molar-refractivity contribution is 8.00. The van der Waals surface area contributed by atoms with Gasteiger partial charge in [-0.2, -0.15) is 0 Å². The zero-order valence-corrected chi connectivity index (χ0v) is 15.0.